The first-order valence-electron chi connectivity index (χ1n) is 12.5. The number of rotatable bonds is 8. The number of aliphatic hydroxyl groups is 1. The van der Waals surface area contributed by atoms with E-state index in [1.54, 1.807) is 48.5 Å². The lowest BCUT2D eigenvalue weighted by Gasteiger charge is -2.17. The van der Waals surface area contributed by atoms with Gasteiger partial charge in [0.1, 0.15) is 0 Å². The maximum absolute atomic E-state index is 13.1. The first kappa shape index (κ1) is 26.4. The molecule has 4 aromatic carbocycles. The Balaban J connectivity index is 1.36. The average Bonchev–Trinajstić information content (AvgIpc) is 3.10. The van der Waals surface area contributed by atoms with E-state index in [2.05, 4.69) is 16.0 Å². The van der Waals surface area contributed by atoms with E-state index in [9.17, 15) is 24.8 Å². The van der Waals surface area contributed by atoms with Gasteiger partial charge in [-0.3, -0.25) is 19.7 Å². The molecule has 0 spiro atoms. The van der Waals surface area contributed by atoms with Crippen LogP contribution in [0.3, 0.4) is 0 Å². The van der Waals surface area contributed by atoms with Crippen molar-refractivity contribution in [2.45, 2.75) is 12.5 Å². The van der Waals surface area contributed by atoms with E-state index in [4.69, 9.17) is 4.74 Å². The highest BCUT2D eigenvalue weighted by Crippen LogP contribution is 2.37. The molecule has 0 saturated carbocycles. The van der Waals surface area contributed by atoms with E-state index in [0.717, 1.165) is 11.1 Å². The molecule has 1 aliphatic rings. The van der Waals surface area contributed by atoms with Crippen molar-refractivity contribution in [2.75, 3.05) is 24.4 Å². The quantitative estimate of drug-likeness (QED) is 0.183. The highest BCUT2D eigenvalue weighted by atomic mass is 16.6. The summed E-state index contributed by atoms with van der Waals surface area (Å²) < 4.78 is 5.19. The van der Waals surface area contributed by atoms with Crippen molar-refractivity contribution in [1.82, 2.24) is 5.32 Å². The molecule has 202 valence electrons. The van der Waals surface area contributed by atoms with Crippen molar-refractivity contribution in [3.8, 4) is 16.9 Å². The Bertz CT molecular complexity index is 1610. The Morgan fingerprint density at radius 3 is 2.42 bits per heavy atom. The SMILES string of the molecule is COc1cc(-c2ccc3c(c2)Nc2ccc(CC(=O)N[C@H](CO)c4ccccc4)cc2NC3=O)ccc1[N+](=O)[O-]. The standard InChI is InChI=1S/C30H26N4O6/c1-40-28-16-21(9-12-27(28)34(38)39)20-8-10-22-24(15-20)31-23-11-7-18(13-25(23)33-30(22)37)14-29(36)32-26(17-35)19-5-3-2-4-6-19/h2-13,15-16,26,31,35H,14,17H2,1H3,(H,32,36)(H,33,37)/t26-/m1/s1. The topological polar surface area (TPSA) is 143 Å². The van der Waals surface area contributed by atoms with Gasteiger partial charge in [-0.05, 0) is 58.7 Å². The van der Waals surface area contributed by atoms with Gasteiger partial charge in [0.25, 0.3) is 5.91 Å². The summed E-state index contributed by atoms with van der Waals surface area (Å²) in [5, 5.41) is 30.0. The van der Waals surface area contributed by atoms with Crippen LogP contribution in [-0.4, -0.2) is 35.6 Å². The van der Waals surface area contributed by atoms with Crippen LogP contribution >= 0.6 is 0 Å². The Labute approximate surface area is 229 Å². The Morgan fingerprint density at radius 1 is 0.950 bits per heavy atom. The number of nitro groups is 1. The number of ether oxygens (including phenoxy) is 1. The third kappa shape index (κ3) is 5.47. The molecule has 0 saturated heterocycles. The van der Waals surface area contributed by atoms with Crippen molar-refractivity contribution in [1.29, 1.82) is 0 Å². The molecular weight excluding hydrogens is 512 g/mol. The first-order chi connectivity index (χ1) is 19.4. The molecule has 4 aromatic rings. The van der Waals surface area contributed by atoms with Gasteiger partial charge in [0, 0.05) is 6.07 Å². The number of amides is 2. The molecule has 0 unspecified atom stereocenters. The molecule has 0 aromatic heterocycles. The van der Waals surface area contributed by atoms with E-state index in [-0.39, 0.29) is 36.3 Å². The maximum atomic E-state index is 13.1. The number of methoxy groups -OCH3 is 1. The largest absolute Gasteiger partial charge is 0.490 e. The van der Waals surface area contributed by atoms with Gasteiger partial charge in [-0.25, -0.2) is 0 Å². The van der Waals surface area contributed by atoms with E-state index < -0.39 is 11.0 Å². The van der Waals surface area contributed by atoms with Crippen LogP contribution in [-0.2, 0) is 11.2 Å². The second-order valence-corrected chi connectivity index (χ2v) is 9.25. The van der Waals surface area contributed by atoms with Gasteiger partial charge >= 0.3 is 5.69 Å². The highest BCUT2D eigenvalue weighted by Gasteiger charge is 2.22. The summed E-state index contributed by atoms with van der Waals surface area (Å²) in [6, 6.07) is 23.9. The minimum Gasteiger partial charge on any atom is -0.490 e. The number of carbonyl (C=O) groups is 2. The third-order valence-corrected chi connectivity index (χ3v) is 6.66. The van der Waals surface area contributed by atoms with Crippen molar-refractivity contribution in [3.05, 3.63) is 112 Å². The summed E-state index contributed by atoms with van der Waals surface area (Å²) in [5.41, 5.74) is 4.93. The van der Waals surface area contributed by atoms with Gasteiger partial charge in [0.05, 0.1) is 53.7 Å². The van der Waals surface area contributed by atoms with E-state index in [1.807, 2.05) is 30.3 Å². The summed E-state index contributed by atoms with van der Waals surface area (Å²) in [7, 11) is 1.37. The predicted molar refractivity (Wildman–Crippen MR) is 151 cm³/mol. The molecule has 2 amide bonds. The molecule has 1 heterocycles. The van der Waals surface area contributed by atoms with Crippen LogP contribution in [0.25, 0.3) is 11.1 Å². The van der Waals surface area contributed by atoms with Gasteiger partial charge in [-0.1, -0.05) is 42.5 Å². The summed E-state index contributed by atoms with van der Waals surface area (Å²) in [4.78, 5) is 36.5. The maximum Gasteiger partial charge on any atom is 0.310 e. The minimum atomic E-state index is -0.518. The van der Waals surface area contributed by atoms with Crippen LogP contribution < -0.4 is 20.7 Å². The Kier molecular flexibility index (Phi) is 7.43. The lowest BCUT2D eigenvalue weighted by atomic mass is 10.0. The van der Waals surface area contributed by atoms with E-state index in [1.165, 1.54) is 13.2 Å². The monoisotopic (exact) mass is 538 g/mol. The van der Waals surface area contributed by atoms with Crippen LogP contribution in [0.5, 0.6) is 5.75 Å². The summed E-state index contributed by atoms with van der Waals surface area (Å²) in [6.45, 7) is -0.229. The zero-order valence-corrected chi connectivity index (χ0v) is 21.5. The van der Waals surface area contributed by atoms with E-state index in [0.29, 0.717) is 33.8 Å². The van der Waals surface area contributed by atoms with Crippen LogP contribution in [0.2, 0.25) is 0 Å². The number of fused-ring (bicyclic) bond motifs is 2. The fourth-order valence-electron chi connectivity index (χ4n) is 4.63. The molecule has 40 heavy (non-hydrogen) atoms. The van der Waals surface area contributed by atoms with Crippen molar-refractivity contribution >= 4 is 34.6 Å². The zero-order chi connectivity index (χ0) is 28.2. The van der Waals surface area contributed by atoms with Gasteiger partial charge in [0.2, 0.25) is 5.91 Å². The van der Waals surface area contributed by atoms with Crippen molar-refractivity contribution < 1.29 is 24.4 Å². The third-order valence-electron chi connectivity index (χ3n) is 6.66. The Hall–Kier alpha value is -5.22. The number of nitrogens with one attached hydrogen (secondary N) is 3. The lowest BCUT2D eigenvalue weighted by Crippen LogP contribution is -2.31. The van der Waals surface area contributed by atoms with Gasteiger partial charge in [-0.15, -0.1) is 0 Å². The van der Waals surface area contributed by atoms with Crippen molar-refractivity contribution in [2.24, 2.45) is 0 Å². The van der Waals surface area contributed by atoms with Crippen LogP contribution in [0, 0.1) is 10.1 Å². The van der Waals surface area contributed by atoms with Gasteiger partial charge < -0.3 is 25.8 Å². The molecule has 0 radical (unpaired) electrons. The summed E-state index contributed by atoms with van der Waals surface area (Å²) >= 11 is 0. The lowest BCUT2D eigenvalue weighted by molar-refractivity contribution is -0.385. The molecule has 10 heteroatoms. The number of nitrogens with zero attached hydrogens (tertiary/aromatic N) is 1. The molecule has 0 fully saturated rings. The number of carbonyl (C=O) groups excluding carboxylic acids is 2. The minimum absolute atomic E-state index is 0.0611. The van der Waals surface area contributed by atoms with Gasteiger partial charge in [0.15, 0.2) is 5.75 Å². The number of hydrogen-bond donors (Lipinski definition) is 4. The van der Waals surface area contributed by atoms with Crippen LogP contribution in [0.1, 0.15) is 27.5 Å². The predicted octanol–water partition coefficient (Wildman–Crippen LogP) is 4.97. The van der Waals surface area contributed by atoms with Crippen LogP contribution in [0.4, 0.5) is 22.7 Å². The fraction of sp³-hybridized carbons (Fsp3) is 0.133. The average molecular weight is 539 g/mol. The van der Waals surface area contributed by atoms with Gasteiger partial charge in [-0.2, -0.15) is 0 Å². The number of benzene rings is 4. The molecule has 10 nitrogen and oxygen atoms in total. The summed E-state index contributed by atoms with van der Waals surface area (Å²) in [6.07, 6.45) is 0.0611. The zero-order valence-electron chi connectivity index (χ0n) is 21.5. The number of aliphatic hydroxyl groups excluding tert-OH is 1. The number of anilines is 3. The first-order valence-corrected chi connectivity index (χ1v) is 12.5. The molecule has 1 atom stereocenters. The normalized spacial score (nSPS) is 12.6. The number of hydrogen-bond acceptors (Lipinski definition) is 7. The smallest absolute Gasteiger partial charge is 0.310 e. The van der Waals surface area contributed by atoms with E-state index >= 15 is 0 Å². The van der Waals surface area contributed by atoms with Crippen molar-refractivity contribution in [3.63, 3.8) is 0 Å². The second-order valence-electron chi connectivity index (χ2n) is 9.25. The molecule has 4 N–H and O–H groups in total. The second kappa shape index (κ2) is 11.3. The molecule has 5 rings (SSSR count). The number of nitro benzene ring substituents is 1. The summed E-state index contributed by atoms with van der Waals surface area (Å²) in [5.74, 6) is -0.443. The molecular formula is C30H26N4O6. The molecule has 0 aliphatic carbocycles. The van der Waals surface area contributed by atoms with Crippen LogP contribution in [0.15, 0.2) is 84.9 Å². The molecule has 1 aliphatic heterocycles. The molecule has 0 bridgehead atoms. The fourth-order valence-corrected chi connectivity index (χ4v) is 4.63. The Morgan fingerprint density at radius 2 is 1.70 bits per heavy atom. The highest BCUT2D eigenvalue weighted by molar-refractivity contribution is 6.12.